The zero-order valence-electron chi connectivity index (χ0n) is 12.3. The summed E-state index contributed by atoms with van der Waals surface area (Å²) >= 11 is 0. The fraction of sp³-hybridized carbons (Fsp3) is 0.267. The summed E-state index contributed by atoms with van der Waals surface area (Å²) in [5.74, 6) is 0.794. The third-order valence-electron chi connectivity index (χ3n) is 3.18. The summed E-state index contributed by atoms with van der Waals surface area (Å²) in [5, 5.41) is 14.4. The van der Waals surface area contributed by atoms with E-state index in [-0.39, 0.29) is 16.7 Å². The van der Waals surface area contributed by atoms with E-state index in [9.17, 15) is 10.1 Å². The van der Waals surface area contributed by atoms with Gasteiger partial charge in [0.15, 0.2) is 5.82 Å². The summed E-state index contributed by atoms with van der Waals surface area (Å²) in [7, 11) is 3.81. The van der Waals surface area contributed by atoms with Crippen molar-refractivity contribution in [2.45, 2.75) is 13.0 Å². The van der Waals surface area contributed by atoms with Crippen LogP contribution in [0.2, 0.25) is 0 Å². The van der Waals surface area contributed by atoms with E-state index in [4.69, 9.17) is 0 Å². The first-order chi connectivity index (χ1) is 10.0. The number of nitrogens with zero attached hydrogens (tertiary/aromatic N) is 3. The summed E-state index contributed by atoms with van der Waals surface area (Å²) < 4.78 is 0. The molecule has 0 radical (unpaired) electrons. The Balaban J connectivity index is 2.31. The van der Waals surface area contributed by atoms with E-state index >= 15 is 0 Å². The summed E-state index contributed by atoms with van der Waals surface area (Å²) in [6, 6.07) is 10.3. The maximum absolute atomic E-state index is 11.1. The van der Waals surface area contributed by atoms with E-state index in [1.807, 2.05) is 38.1 Å². The van der Waals surface area contributed by atoms with Crippen LogP contribution in [0.25, 0.3) is 0 Å². The van der Waals surface area contributed by atoms with Crippen LogP contribution in [0, 0.1) is 10.1 Å². The number of pyridine rings is 1. The van der Waals surface area contributed by atoms with Crippen molar-refractivity contribution < 1.29 is 4.92 Å². The number of nitro benzene ring substituents is 1. The van der Waals surface area contributed by atoms with Gasteiger partial charge >= 0.3 is 0 Å². The minimum absolute atomic E-state index is 0.118. The van der Waals surface area contributed by atoms with Crippen LogP contribution in [0.3, 0.4) is 0 Å². The van der Waals surface area contributed by atoms with E-state index in [0.29, 0.717) is 5.56 Å². The standard InChI is InChI=1S/C15H18N4O2/c1-11(12-7-4-5-9-14(12)19(20)21)17-13-8-6-10-16-15(13)18(2)3/h4-11,17H,1-3H3. The van der Waals surface area contributed by atoms with Crippen LogP contribution >= 0.6 is 0 Å². The Morgan fingerprint density at radius 3 is 2.62 bits per heavy atom. The number of nitrogens with one attached hydrogen (secondary N) is 1. The number of benzene rings is 1. The minimum atomic E-state index is -0.358. The Hall–Kier alpha value is -2.63. The van der Waals surface area contributed by atoms with Crippen molar-refractivity contribution in [1.29, 1.82) is 0 Å². The molecule has 0 aliphatic carbocycles. The van der Waals surface area contributed by atoms with Crippen molar-refractivity contribution in [2.75, 3.05) is 24.3 Å². The Labute approximate surface area is 123 Å². The smallest absolute Gasteiger partial charge is 0.274 e. The number of para-hydroxylation sites is 1. The zero-order chi connectivity index (χ0) is 15.4. The average Bonchev–Trinajstić information content (AvgIpc) is 2.47. The van der Waals surface area contributed by atoms with Gasteiger partial charge in [0.25, 0.3) is 5.69 Å². The highest BCUT2D eigenvalue weighted by Crippen LogP contribution is 2.30. The molecule has 0 amide bonds. The van der Waals surface area contributed by atoms with Gasteiger partial charge in [0.05, 0.1) is 22.2 Å². The third-order valence-corrected chi connectivity index (χ3v) is 3.18. The predicted octanol–water partition coefficient (Wildman–Crippen LogP) is 3.23. The number of rotatable bonds is 5. The molecule has 1 aromatic carbocycles. The van der Waals surface area contributed by atoms with Crippen molar-refractivity contribution in [2.24, 2.45) is 0 Å². The highest BCUT2D eigenvalue weighted by Gasteiger charge is 2.19. The second-order valence-corrected chi connectivity index (χ2v) is 4.95. The lowest BCUT2D eigenvalue weighted by atomic mass is 10.1. The number of aromatic nitrogens is 1. The van der Waals surface area contributed by atoms with Gasteiger partial charge in [-0.25, -0.2) is 4.98 Å². The van der Waals surface area contributed by atoms with Gasteiger partial charge in [-0.05, 0) is 19.1 Å². The molecule has 1 atom stereocenters. The predicted molar refractivity (Wildman–Crippen MR) is 83.7 cm³/mol. The fourth-order valence-corrected chi connectivity index (χ4v) is 2.20. The number of nitro groups is 1. The van der Waals surface area contributed by atoms with Gasteiger partial charge in [-0.3, -0.25) is 10.1 Å². The first-order valence-electron chi connectivity index (χ1n) is 6.63. The van der Waals surface area contributed by atoms with Gasteiger partial charge < -0.3 is 10.2 Å². The topological polar surface area (TPSA) is 71.3 Å². The molecule has 0 saturated carbocycles. The first-order valence-corrected chi connectivity index (χ1v) is 6.63. The summed E-state index contributed by atoms with van der Waals surface area (Å²) in [4.78, 5) is 17.0. The number of anilines is 2. The normalized spacial score (nSPS) is 11.8. The molecule has 0 spiro atoms. The van der Waals surface area contributed by atoms with Crippen molar-refractivity contribution in [3.05, 3.63) is 58.3 Å². The summed E-state index contributed by atoms with van der Waals surface area (Å²) in [6.45, 7) is 1.90. The van der Waals surface area contributed by atoms with Crippen molar-refractivity contribution >= 4 is 17.2 Å². The van der Waals surface area contributed by atoms with Gasteiger partial charge in [0.2, 0.25) is 0 Å². The molecule has 0 fully saturated rings. The molecule has 2 rings (SSSR count). The maximum atomic E-state index is 11.1. The lowest BCUT2D eigenvalue weighted by molar-refractivity contribution is -0.385. The molecule has 0 bridgehead atoms. The Kier molecular flexibility index (Phi) is 4.37. The van der Waals surface area contributed by atoms with Gasteiger partial charge in [0, 0.05) is 26.4 Å². The fourth-order valence-electron chi connectivity index (χ4n) is 2.20. The third kappa shape index (κ3) is 3.28. The molecule has 0 saturated heterocycles. The van der Waals surface area contributed by atoms with E-state index in [2.05, 4.69) is 10.3 Å². The van der Waals surface area contributed by atoms with Crippen LogP contribution in [-0.4, -0.2) is 24.0 Å². The maximum Gasteiger partial charge on any atom is 0.274 e. The van der Waals surface area contributed by atoms with Crippen LogP contribution < -0.4 is 10.2 Å². The van der Waals surface area contributed by atoms with Gasteiger partial charge in [-0.1, -0.05) is 18.2 Å². The SMILES string of the molecule is CC(Nc1cccnc1N(C)C)c1ccccc1[N+](=O)[O-]. The van der Waals surface area contributed by atoms with Crippen molar-refractivity contribution in [3.8, 4) is 0 Å². The van der Waals surface area contributed by atoms with Crippen LogP contribution in [0.4, 0.5) is 17.2 Å². The first kappa shape index (κ1) is 14.8. The molecule has 1 heterocycles. The summed E-state index contributed by atoms with van der Waals surface area (Å²) in [6.07, 6.45) is 1.72. The van der Waals surface area contributed by atoms with E-state index in [0.717, 1.165) is 11.5 Å². The van der Waals surface area contributed by atoms with Crippen molar-refractivity contribution in [3.63, 3.8) is 0 Å². The minimum Gasteiger partial charge on any atom is -0.375 e. The lowest BCUT2D eigenvalue weighted by Crippen LogP contribution is -2.16. The van der Waals surface area contributed by atoms with Crippen LogP contribution in [0.15, 0.2) is 42.6 Å². The molecule has 6 heteroatoms. The number of hydrogen-bond acceptors (Lipinski definition) is 5. The van der Waals surface area contributed by atoms with Crippen LogP contribution in [0.5, 0.6) is 0 Å². The van der Waals surface area contributed by atoms with Gasteiger partial charge in [0.1, 0.15) is 0 Å². The lowest BCUT2D eigenvalue weighted by Gasteiger charge is -2.20. The molecule has 0 aliphatic heterocycles. The molecule has 21 heavy (non-hydrogen) atoms. The second-order valence-electron chi connectivity index (χ2n) is 4.95. The van der Waals surface area contributed by atoms with E-state index < -0.39 is 0 Å². The molecule has 6 nitrogen and oxygen atoms in total. The highest BCUT2D eigenvalue weighted by atomic mass is 16.6. The van der Waals surface area contributed by atoms with E-state index in [1.54, 1.807) is 24.4 Å². The van der Waals surface area contributed by atoms with Crippen molar-refractivity contribution in [1.82, 2.24) is 4.98 Å². The van der Waals surface area contributed by atoms with Crippen LogP contribution in [0.1, 0.15) is 18.5 Å². The second kappa shape index (κ2) is 6.21. The molecule has 1 unspecified atom stereocenters. The molecular formula is C15H18N4O2. The average molecular weight is 286 g/mol. The molecule has 2 aromatic rings. The van der Waals surface area contributed by atoms with E-state index in [1.165, 1.54) is 6.07 Å². The Bertz CT molecular complexity index is 643. The largest absolute Gasteiger partial charge is 0.375 e. The monoisotopic (exact) mass is 286 g/mol. The van der Waals surface area contributed by atoms with Crippen LogP contribution in [-0.2, 0) is 0 Å². The molecule has 0 aliphatic rings. The summed E-state index contributed by atoms with van der Waals surface area (Å²) in [5.41, 5.74) is 1.61. The Morgan fingerprint density at radius 2 is 1.95 bits per heavy atom. The number of hydrogen-bond donors (Lipinski definition) is 1. The van der Waals surface area contributed by atoms with Gasteiger partial charge in [-0.2, -0.15) is 0 Å². The Morgan fingerprint density at radius 1 is 1.24 bits per heavy atom. The van der Waals surface area contributed by atoms with Gasteiger partial charge in [-0.15, -0.1) is 0 Å². The highest BCUT2D eigenvalue weighted by molar-refractivity contribution is 5.65. The zero-order valence-corrected chi connectivity index (χ0v) is 12.3. The molecular weight excluding hydrogens is 268 g/mol. The molecule has 1 aromatic heterocycles. The quantitative estimate of drug-likeness (QED) is 0.675. The molecule has 1 N–H and O–H groups in total. The molecule has 110 valence electrons.